The predicted octanol–water partition coefficient (Wildman–Crippen LogP) is 8.75. The zero-order valence-electron chi connectivity index (χ0n) is 35.2. The van der Waals surface area contributed by atoms with E-state index in [9.17, 15) is 39.8 Å². The van der Waals surface area contributed by atoms with Crippen molar-refractivity contribution in [1.82, 2.24) is 0 Å². The molecule has 0 heterocycles. The van der Waals surface area contributed by atoms with Crippen molar-refractivity contribution in [2.24, 2.45) is 0 Å². The zero-order chi connectivity index (χ0) is 41.3. The van der Waals surface area contributed by atoms with Crippen LogP contribution >= 0.6 is 7.82 Å². The minimum atomic E-state index is -5.01. The molecule has 0 aliphatic heterocycles. The number of aliphatic hydroxyl groups excluding tert-OH is 5. The first-order valence-corrected chi connectivity index (χ1v) is 24.0. The van der Waals surface area contributed by atoms with Crippen molar-refractivity contribution < 1.29 is 58.3 Å². The highest BCUT2D eigenvalue weighted by atomic mass is 31.2. The summed E-state index contributed by atoms with van der Waals surface area (Å²) in [6, 6.07) is 0. The Morgan fingerprint density at radius 2 is 0.964 bits per heavy atom. The van der Waals surface area contributed by atoms with E-state index in [1.54, 1.807) is 0 Å². The van der Waals surface area contributed by atoms with Crippen LogP contribution in [-0.4, -0.2) is 98.9 Å². The molecule has 0 saturated heterocycles. The van der Waals surface area contributed by atoms with E-state index in [2.05, 4.69) is 26.0 Å². The van der Waals surface area contributed by atoms with Gasteiger partial charge in [-0.3, -0.25) is 13.8 Å². The van der Waals surface area contributed by atoms with E-state index < -0.39 is 63.1 Å². The van der Waals surface area contributed by atoms with Crippen molar-refractivity contribution >= 4 is 13.8 Å². The number of aliphatic hydroxyl groups is 5. The normalized spacial score (nSPS) is 23.1. The lowest BCUT2D eigenvalue weighted by atomic mass is 9.85. The van der Waals surface area contributed by atoms with Crippen LogP contribution in [0.5, 0.6) is 0 Å². The highest BCUT2D eigenvalue weighted by Crippen LogP contribution is 2.47. The number of carbonyl (C=O) groups excluding carboxylic acids is 1. The Kier molecular flexibility index (Phi) is 33.1. The van der Waals surface area contributed by atoms with Gasteiger partial charge in [-0.2, -0.15) is 0 Å². The summed E-state index contributed by atoms with van der Waals surface area (Å²) in [6.07, 6.45) is 24.3. The fourth-order valence-electron chi connectivity index (χ4n) is 6.98. The Balaban J connectivity index is 2.37. The van der Waals surface area contributed by atoms with Gasteiger partial charge in [-0.05, 0) is 32.1 Å². The minimum absolute atomic E-state index is 0.0746. The number of esters is 1. The van der Waals surface area contributed by atoms with Gasteiger partial charge in [0.1, 0.15) is 42.7 Å². The van der Waals surface area contributed by atoms with Gasteiger partial charge in [0.05, 0.1) is 13.2 Å². The quantitative estimate of drug-likeness (QED) is 0.0150. The minimum Gasteiger partial charge on any atom is -0.457 e. The van der Waals surface area contributed by atoms with Gasteiger partial charge in [0.15, 0.2) is 0 Å². The third kappa shape index (κ3) is 27.0. The third-order valence-corrected chi connectivity index (χ3v) is 11.6. The van der Waals surface area contributed by atoms with Crippen molar-refractivity contribution in [3.63, 3.8) is 0 Å². The lowest BCUT2D eigenvalue weighted by Gasteiger charge is -2.41. The fourth-order valence-corrected chi connectivity index (χ4v) is 7.96. The number of phosphoric ester groups is 1. The molecule has 332 valence electrons. The van der Waals surface area contributed by atoms with Gasteiger partial charge in [-0.25, -0.2) is 4.57 Å². The second-order valence-corrected chi connectivity index (χ2v) is 17.3. The number of hydrogen-bond donors (Lipinski definition) is 6. The van der Waals surface area contributed by atoms with E-state index in [0.717, 1.165) is 57.8 Å². The number of ether oxygens (including phenoxy) is 2. The van der Waals surface area contributed by atoms with Crippen molar-refractivity contribution in [2.45, 2.75) is 236 Å². The maximum atomic E-state index is 12.8. The lowest BCUT2D eigenvalue weighted by Crippen LogP contribution is -2.64. The van der Waals surface area contributed by atoms with Gasteiger partial charge in [0.2, 0.25) is 0 Å². The van der Waals surface area contributed by atoms with E-state index in [1.165, 1.54) is 109 Å². The first-order chi connectivity index (χ1) is 27.0. The molecule has 6 atom stereocenters. The molecule has 1 rings (SSSR count). The largest absolute Gasteiger partial charge is 0.472 e. The maximum Gasteiger partial charge on any atom is 0.472 e. The van der Waals surface area contributed by atoms with Gasteiger partial charge in [0.25, 0.3) is 0 Å². The second kappa shape index (κ2) is 34.9. The van der Waals surface area contributed by atoms with Crippen molar-refractivity contribution in [3.05, 3.63) is 12.2 Å². The molecule has 12 nitrogen and oxygen atoms in total. The van der Waals surface area contributed by atoms with Crippen LogP contribution in [-0.2, 0) is 27.9 Å². The molecular formula is C43H83O12P. The van der Waals surface area contributed by atoms with Crippen LogP contribution in [0, 0.1) is 0 Å². The molecule has 1 fully saturated rings. The lowest BCUT2D eigenvalue weighted by molar-refractivity contribution is -0.220. The van der Waals surface area contributed by atoms with E-state index in [-0.39, 0.29) is 13.0 Å². The summed E-state index contributed by atoms with van der Waals surface area (Å²) in [6.45, 7) is 4.22. The second-order valence-electron chi connectivity index (χ2n) is 15.9. The number of hydrogen-bond acceptors (Lipinski definition) is 11. The van der Waals surface area contributed by atoms with E-state index in [0.29, 0.717) is 13.0 Å². The smallest absolute Gasteiger partial charge is 0.457 e. The molecule has 0 bridgehead atoms. The summed E-state index contributed by atoms with van der Waals surface area (Å²) < 4.78 is 34.1. The summed E-state index contributed by atoms with van der Waals surface area (Å²) in [5.74, 6) is -0.485. The van der Waals surface area contributed by atoms with Crippen LogP contribution in [0.2, 0.25) is 0 Å². The van der Waals surface area contributed by atoms with Crippen LogP contribution in [0.1, 0.15) is 194 Å². The van der Waals surface area contributed by atoms with E-state index in [1.807, 2.05) is 0 Å². The highest BCUT2D eigenvalue weighted by molar-refractivity contribution is 7.47. The van der Waals surface area contributed by atoms with E-state index >= 15 is 0 Å². The highest BCUT2D eigenvalue weighted by Gasteiger charge is 2.51. The number of rotatable bonds is 38. The van der Waals surface area contributed by atoms with Crippen LogP contribution in [0.15, 0.2) is 12.2 Å². The molecule has 0 aromatic rings. The van der Waals surface area contributed by atoms with Gasteiger partial charge in [0, 0.05) is 13.0 Å². The van der Waals surface area contributed by atoms with Crippen molar-refractivity contribution in [3.8, 4) is 0 Å². The predicted molar refractivity (Wildman–Crippen MR) is 221 cm³/mol. The van der Waals surface area contributed by atoms with Crippen molar-refractivity contribution in [1.29, 1.82) is 0 Å². The standard InChI is InChI=1S/C43H83O12P/c1-3-5-7-9-11-13-15-16-17-18-19-20-21-23-25-27-29-31-33-52-34-36(54-37(44)32-30-28-26-24-22-14-12-10-8-6-4-2)35-53-56(50,51)55-43-41(48)39(46)38(45)40(47)42(43)49/h10,12,36,38-43,45-49H,3-9,11,13-35H2,1-2H3,(H,50,51)/b12-10-. The zero-order valence-corrected chi connectivity index (χ0v) is 36.1. The Morgan fingerprint density at radius 3 is 1.46 bits per heavy atom. The Morgan fingerprint density at radius 1 is 0.554 bits per heavy atom. The fraction of sp³-hybridized carbons (Fsp3) is 0.930. The maximum absolute atomic E-state index is 12.8. The number of allylic oxidation sites excluding steroid dienone is 2. The summed E-state index contributed by atoms with van der Waals surface area (Å²) in [4.78, 5) is 23.1. The molecule has 0 radical (unpaired) electrons. The number of carbonyl (C=O) groups is 1. The molecule has 0 aromatic carbocycles. The molecule has 1 aliphatic carbocycles. The van der Waals surface area contributed by atoms with Crippen LogP contribution in [0.3, 0.4) is 0 Å². The van der Waals surface area contributed by atoms with Crippen LogP contribution in [0.4, 0.5) is 0 Å². The summed E-state index contributed by atoms with van der Waals surface area (Å²) in [7, 11) is -5.01. The number of unbranched alkanes of at least 4 members (excludes halogenated alkanes) is 24. The first kappa shape index (κ1) is 53.1. The summed E-state index contributed by atoms with van der Waals surface area (Å²) >= 11 is 0. The van der Waals surface area contributed by atoms with E-state index in [4.69, 9.17) is 18.5 Å². The topological polar surface area (TPSA) is 192 Å². The summed E-state index contributed by atoms with van der Waals surface area (Å²) in [5.41, 5.74) is 0. The first-order valence-electron chi connectivity index (χ1n) is 22.5. The SMILES string of the molecule is CCCC/C=C\CCCCCCCC(=O)OC(COCCCCCCCCCCCCCCCCCCCC)COP(=O)(O)OC1C(O)C(O)C(O)C(O)C1O. The van der Waals surface area contributed by atoms with Gasteiger partial charge < -0.3 is 39.9 Å². The van der Waals surface area contributed by atoms with Gasteiger partial charge >= 0.3 is 13.8 Å². The average Bonchev–Trinajstić information content (AvgIpc) is 3.18. The Hall–Kier alpha value is -0.920. The molecule has 56 heavy (non-hydrogen) atoms. The van der Waals surface area contributed by atoms with Gasteiger partial charge in [-0.1, -0.05) is 167 Å². The van der Waals surface area contributed by atoms with Crippen molar-refractivity contribution in [2.75, 3.05) is 19.8 Å². The summed E-state index contributed by atoms with van der Waals surface area (Å²) in [5, 5.41) is 50.1. The monoisotopic (exact) mass is 823 g/mol. The average molecular weight is 823 g/mol. The molecule has 1 saturated carbocycles. The molecule has 0 aromatic heterocycles. The molecule has 13 heteroatoms. The molecule has 6 unspecified atom stereocenters. The van der Waals surface area contributed by atoms with Crippen LogP contribution in [0.25, 0.3) is 0 Å². The molecule has 0 amide bonds. The number of phosphoric acid groups is 1. The Labute approximate surface area is 339 Å². The molecule has 6 N–H and O–H groups in total. The molecular weight excluding hydrogens is 739 g/mol. The molecule has 0 spiro atoms. The Bertz CT molecular complexity index is 984. The third-order valence-electron chi connectivity index (χ3n) is 10.6. The van der Waals surface area contributed by atoms with Gasteiger partial charge in [-0.15, -0.1) is 0 Å². The van der Waals surface area contributed by atoms with Crippen LogP contribution < -0.4 is 0 Å². The molecule has 1 aliphatic rings.